The third-order valence-electron chi connectivity index (χ3n) is 4.52. The number of likely N-dealkylation sites (tertiary alicyclic amines) is 1. The lowest BCUT2D eigenvalue weighted by Crippen LogP contribution is -2.46. The van der Waals surface area contributed by atoms with Crippen LogP contribution in [0.15, 0.2) is 41.7 Å². The van der Waals surface area contributed by atoms with Gasteiger partial charge in [-0.15, -0.1) is 0 Å². The molecular weight excluding hydrogens is 352 g/mol. The first-order chi connectivity index (χ1) is 12.4. The molecule has 0 radical (unpaired) electrons. The van der Waals surface area contributed by atoms with Crippen LogP contribution in [0.25, 0.3) is 0 Å². The lowest BCUT2D eigenvalue weighted by atomic mass is 10.1. The zero-order valence-electron chi connectivity index (χ0n) is 14.8. The molecular formula is C18H22N4O3S. The number of nitrogens with zero attached hydrogens (tertiary/aromatic N) is 3. The summed E-state index contributed by atoms with van der Waals surface area (Å²) in [6.07, 6.45) is 5.58. The Balaban J connectivity index is 1.63. The molecule has 0 saturated carbocycles. The minimum absolute atomic E-state index is 0.172. The predicted octanol–water partition coefficient (Wildman–Crippen LogP) is 1.68. The van der Waals surface area contributed by atoms with E-state index < -0.39 is 10.0 Å². The first-order valence-electron chi connectivity index (χ1n) is 8.52. The number of nitrogens with one attached hydrogen (secondary N) is 1. The van der Waals surface area contributed by atoms with Crippen molar-refractivity contribution in [3.63, 3.8) is 0 Å². The third kappa shape index (κ3) is 4.08. The molecule has 1 aromatic heterocycles. The fraction of sp³-hybridized carbons (Fsp3) is 0.389. The van der Waals surface area contributed by atoms with Gasteiger partial charge < -0.3 is 4.90 Å². The molecule has 0 bridgehead atoms. The van der Waals surface area contributed by atoms with E-state index in [2.05, 4.69) is 14.7 Å². The highest BCUT2D eigenvalue weighted by Crippen LogP contribution is 2.20. The number of aromatic nitrogens is 2. The van der Waals surface area contributed by atoms with Gasteiger partial charge in [0.05, 0.1) is 11.1 Å². The lowest BCUT2D eigenvalue weighted by molar-refractivity contribution is 0.0705. The van der Waals surface area contributed by atoms with Gasteiger partial charge in [0.1, 0.15) is 5.69 Å². The zero-order chi connectivity index (χ0) is 18.7. The number of hydrogen-bond donors (Lipinski definition) is 1. The van der Waals surface area contributed by atoms with Crippen LogP contribution in [-0.4, -0.2) is 48.3 Å². The molecule has 1 saturated heterocycles. The van der Waals surface area contributed by atoms with Gasteiger partial charge >= 0.3 is 0 Å². The summed E-state index contributed by atoms with van der Waals surface area (Å²) in [5.41, 5.74) is 1.93. The van der Waals surface area contributed by atoms with Crippen LogP contribution in [0, 0.1) is 13.8 Å². The van der Waals surface area contributed by atoms with Crippen molar-refractivity contribution in [2.75, 3.05) is 13.1 Å². The predicted molar refractivity (Wildman–Crippen MR) is 97.2 cm³/mol. The monoisotopic (exact) mass is 374 g/mol. The molecule has 138 valence electrons. The smallest absolute Gasteiger partial charge is 0.274 e. The van der Waals surface area contributed by atoms with Crippen molar-refractivity contribution >= 4 is 15.9 Å². The van der Waals surface area contributed by atoms with Crippen molar-refractivity contribution in [3.05, 3.63) is 53.6 Å². The number of benzene rings is 1. The summed E-state index contributed by atoms with van der Waals surface area (Å²) in [6, 6.07) is 5.20. The van der Waals surface area contributed by atoms with E-state index in [9.17, 15) is 13.2 Å². The Labute approximate surface area is 153 Å². The Kier molecular flexibility index (Phi) is 5.33. The van der Waals surface area contributed by atoms with Crippen molar-refractivity contribution < 1.29 is 13.2 Å². The summed E-state index contributed by atoms with van der Waals surface area (Å²) in [6.45, 7) is 4.62. The largest absolute Gasteiger partial charge is 0.337 e. The SMILES string of the molecule is Cc1ccc(C)c(S(=O)(=O)NC2CCN(C(=O)c3cnccn3)CC2)c1. The van der Waals surface area contributed by atoms with Crippen LogP contribution < -0.4 is 4.72 Å². The van der Waals surface area contributed by atoms with Gasteiger partial charge in [-0.2, -0.15) is 0 Å². The first-order valence-corrected chi connectivity index (χ1v) is 10.00. The van der Waals surface area contributed by atoms with Crippen LogP contribution in [0.1, 0.15) is 34.5 Å². The zero-order valence-corrected chi connectivity index (χ0v) is 15.7. The highest BCUT2D eigenvalue weighted by molar-refractivity contribution is 7.89. The molecule has 1 amide bonds. The maximum atomic E-state index is 12.7. The quantitative estimate of drug-likeness (QED) is 0.879. The van der Waals surface area contributed by atoms with Gasteiger partial charge in [-0.25, -0.2) is 18.1 Å². The Morgan fingerprint density at radius 2 is 1.92 bits per heavy atom. The molecule has 2 aromatic rings. The van der Waals surface area contributed by atoms with Crippen LogP contribution in [0.2, 0.25) is 0 Å². The van der Waals surface area contributed by atoms with Crippen LogP contribution in [-0.2, 0) is 10.0 Å². The van der Waals surface area contributed by atoms with Crippen molar-refractivity contribution in [3.8, 4) is 0 Å². The van der Waals surface area contributed by atoms with Gasteiger partial charge in [-0.1, -0.05) is 12.1 Å². The standard InChI is InChI=1S/C18H22N4O3S/c1-13-3-4-14(2)17(11-13)26(24,25)21-15-5-9-22(10-6-15)18(23)16-12-19-7-8-20-16/h3-4,7-8,11-12,15,21H,5-6,9-10H2,1-2H3. The summed E-state index contributed by atoms with van der Waals surface area (Å²) in [5.74, 6) is -0.172. The van der Waals surface area contributed by atoms with E-state index in [1.165, 1.54) is 18.6 Å². The first kappa shape index (κ1) is 18.5. The number of amides is 1. The number of piperidine rings is 1. The molecule has 8 heteroatoms. The van der Waals surface area contributed by atoms with Crippen molar-refractivity contribution in [1.82, 2.24) is 19.6 Å². The van der Waals surface area contributed by atoms with Crippen LogP contribution in [0.5, 0.6) is 0 Å². The molecule has 3 rings (SSSR count). The average Bonchev–Trinajstić information content (AvgIpc) is 2.64. The van der Waals surface area contributed by atoms with E-state index in [1.54, 1.807) is 17.9 Å². The molecule has 0 aliphatic carbocycles. The minimum atomic E-state index is -3.58. The van der Waals surface area contributed by atoms with E-state index >= 15 is 0 Å². The summed E-state index contributed by atoms with van der Waals surface area (Å²) in [5, 5.41) is 0. The molecule has 1 aromatic carbocycles. The van der Waals surface area contributed by atoms with Gasteiger partial charge in [0.2, 0.25) is 10.0 Å². The van der Waals surface area contributed by atoms with Gasteiger partial charge in [0.25, 0.3) is 5.91 Å². The van der Waals surface area contributed by atoms with E-state index in [0.717, 1.165) is 11.1 Å². The van der Waals surface area contributed by atoms with Crippen molar-refractivity contribution in [2.24, 2.45) is 0 Å². The number of carbonyl (C=O) groups excluding carboxylic acids is 1. The Bertz CT molecular complexity index is 892. The molecule has 1 fully saturated rings. The number of hydrogen-bond acceptors (Lipinski definition) is 5. The topological polar surface area (TPSA) is 92.3 Å². The molecule has 2 heterocycles. The molecule has 0 unspecified atom stereocenters. The highest BCUT2D eigenvalue weighted by atomic mass is 32.2. The summed E-state index contributed by atoms with van der Waals surface area (Å²) in [4.78, 5) is 22.3. The Morgan fingerprint density at radius 3 is 2.58 bits per heavy atom. The molecule has 7 nitrogen and oxygen atoms in total. The molecule has 0 spiro atoms. The second kappa shape index (κ2) is 7.51. The Morgan fingerprint density at radius 1 is 1.19 bits per heavy atom. The van der Waals surface area contributed by atoms with E-state index in [4.69, 9.17) is 0 Å². The maximum Gasteiger partial charge on any atom is 0.274 e. The molecule has 0 atom stereocenters. The van der Waals surface area contributed by atoms with Crippen molar-refractivity contribution in [2.45, 2.75) is 37.6 Å². The average molecular weight is 374 g/mol. The van der Waals surface area contributed by atoms with E-state index in [0.29, 0.717) is 36.5 Å². The third-order valence-corrected chi connectivity index (χ3v) is 6.18. The molecule has 1 aliphatic heterocycles. The summed E-state index contributed by atoms with van der Waals surface area (Å²) < 4.78 is 28.2. The molecule has 1 aliphatic rings. The fourth-order valence-electron chi connectivity index (χ4n) is 3.05. The maximum absolute atomic E-state index is 12.7. The minimum Gasteiger partial charge on any atom is -0.337 e. The van der Waals surface area contributed by atoms with E-state index in [1.807, 2.05) is 19.1 Å². The fourth-order valence-corrected chi connectivity index (χ4v) is 4.69. The van der Waals surface area contributed by atoms with Crippen LogP contribution >= 0.6 is 0 Å². The van der Waals surface area contributed by atoms with E-state index in [-0.39, 0.29) is 11.9 Å². The Hall–Kier alpha value is -2.32. The lowest BCUT2D eigenvalue weighted by Gasteiger charge is -2.32. The number of carbonyl (C=O) groups is 1. The normalized spacial score (nSPS) is 15.8. The van der Waals surface area contributed by atoms with Crippen LogP contribution in [0.3, 0.4) is 0 Å². The molecule has 26 heavy (non-hydrogen) atoms. The summed E-state index contributed by atoms with van der Waals surface area (Å²) >= 11 is 0. The second-order valence-corrected chi connectivity index (χ2v) is 8.23. The van der Waals surface area contributed by atoms with Gasteiger partial charge in [-0.05, 0) is 43.9 Å². The van der Waals surface area contributed by atoms with Crippen molar-refractivity contribution in [1.29, 1.82) is 0 Å². The number of rotatable bonds is 4. The number of sulfonamides is 1. The van der Waals surface area contributed by atoms with Gasteiger partial charge in [0.15, 0.2) is 0 Å². The van der Waals surface area contributed by atoms with Gasteiger partial charge in [-0.3, -0.25) is 9.78 Å². The second-order valence-electron chi connectivity index (χ2n) is 6.55. The van der Waals surface area contributed by atoms with Crippen LogP contribution in [0.4, 0.5) is 0 Å². The molecule has 1 N–H and O–H groups in total. The van der Waals surface area contributed by atoms with Gasteiger partial charge in [0, 0.05) is 31.5 Å². The highest BCUT2D eigenvalue weighted by Gasteiger charge is 2.28. The summed E-state index contributed by atoms with van der Waals surface area (Å²) in [7, 11) is -3.58. The number of aryl methyl sites for hydroxylation is 2.